The zero-order valence-corrected chi connectivity index (χ0v) is 34.9. The lowest BCUT2D eigenvalue weighted by atomic mass is 9.86. The van der Waals surface area contributed by atoms with Crippen molar-refractivity contribution >= 4 is 49.9 Å². The van der Waals surface area contributed by atoms with E-state index in [1.807, 2.05) is 63.2 Å². The average Bonchev–Trinajstić information content (AvgIpc) is 3.17. The quantitative estimate of drug-likeness (QED) is 0.0581. The molecular formula is C44H54N4O11S. The third kappa shape index (κ3) is 13.2. The number of hydrogen-bond acceptors (Lipinski definition) is 11. The highest BCUT2D eigenvalue weighted by atomic mass is 32.2. The molecule has 4 N–H and O–H groups in total. The summed E-state index contributed by atoms with van der Waals surface area (Å²) in [6.07, 6.45) is 2.27. The summed E-state index contributed by atoms with van der Waals surface area (Å²) in [6, 6.07) is 23.1. The van der Waals surface area contributed by atoms with Crippen LogP contribution < -0.4 is 34.3 Å². The molecule has 322 valence electrons. The van der Waals surface area contributed by atoms with Gasteiger partial charge in [0.05, 0.1) is 57.4 Å². The molecule has 0 spiro atoms. The Labute approximate surface area is 351 Å². The van der Waals surface area contributed by atoms with Gasteiger partial charge in [0.15, 0.2) is 11.9 Å². The molecule has 16 heteroatoms. The number of hydrogen-bond donors (Lipinski definition) is 4. The number of carboxylic acids is 1. The number of anilines is 3. The van der Waals surface area contributed by atoms with E-state index in [0.717, 1.165) is 33.8 Å². The van der Waals surface area contributed by atoms with Gasteiger partial charge in [-0.3, -0.25) is 9.71 Å². The minimum atomic E-state index is -3.65. The maximum Gasteiger partial charge on any atom is 0.332 e. The van der Waals surface area contributed by atoms with Gasteiger partial charge in [-0.2, -0.15) is 0 Å². The zero-order chi connectivity index (χ0) is 42.7. The summed E-state index contributed by atoms with van der Waals surface area (Å²) < 4.78 is 60.9. The first kappa shape index (κ1) is 46.6. The first-order valence-corrected chi connectivity index (χ1v) is 20.6. The van der Waals surface area contributed by atoms with Crippen LogP contribution in [0.4, 0.5) is 21.9 Å². The largest absolute Gasteiger partial charge is 0.497 e. The maximum atomic E-state index is 13.5. The number of carbonyl (C=O) groups excluding carboxylic acids is 1. The van der Waals surface area contributed by atoms with Crippen LogP contribution in [-0.4, -0.2) is 83.5 Å². The molecule has 0 fully saturated rings. The molecule has 5 aromatic rings. The number of aliphatic carboxylic acids is 1. The van der Waals surface area contributed by atoms with E-state index < -0.39 is 28.1 Å². The molecule has 0 bridgehead atoms. The van der Waals surface area contributed by atoms with Crippen LogP contribution in [0.25, 0.3) is 10.8 Å². The van der Waals surface area contributed by atoms with Crippen LogP contribution in [0, 0.1) is 0 Å². The number of amides is 2. The molecule has 15 nitrogen and oxygen atoms in total. The smallest absolute Gasteiger partial charge is 0.332 e. The number of carbonyl (C=O) groups is 2. The van der Waals surface area contributed by atoms with Crippen LogP contribution in [-0.2, 0) is 36.1 Å². The molecule has 5 rings (SSSR count). The summed E-state index contributed by atoms with van der Waals surface area (Å²) in [5, 5.41) is 16.1. The van der Waals surface area contributed by atoms with Crippen LogP contribution >= 0.6 is 0 Å². The number of nitrogens with one attached hydrogen (secondary N) is 3. The van der Waals surface area contributed by atoms with Crippen molar-refractivity contribution in [3.63, 3.8) is 0 Å². The van der Waals surface area contributed by atoms with Gasteiger partial charge in [0, 0.05) is 41.2 Å². The van der Waals surface area contributed by atoms with E-state index in [9.17, 15) is 18.0 Å². The minimum Gasteiger partial charge on any atom is -0.497 e. The first-order valence-electron chi connectivity index (χ1n) is 18.7. The van der Waals surface area contributed by atoms with Gasteiger partial charge in [-0.15, -0.1) is 0 Å². The van der Waals surface area contributed by atoms with Gasteiger partial charge >= 0.3 is 12.0 Å². The van der Waals surface area contributed by atoms with Crippen molar-refractivity contribution in [2.24, 2.45) is 0 Å². The molecule has 4 aromatic carbocycles. The van der Waals surface area contributed by atoms with Crippen LogP contribution in [0.2, 0.25) is 0 Å². The van der Waals surface area contributed by atoms with Crippen LogP contribution in [0.3, 0.4) is 0 Å². The number of fused-ring (bicyclic) bond motifs is 1. The van der Waals surface area contributed by atoms with Gasteiger partial charge in [0.2, 0.25) is 10.0 Å². The zero-order valence-electron chi connectivity index (χ0n) is 34.1. The maximum absolute atomic E-state index is 13.5. The Balaban J connectivity index is 0.00000794. The van der Waals surface area contributed by atoms with E-state index in [1.165, 1.54) is 14.0 Å². The number of benzene rings is 4. The van der Waals surface area contributed by atoms with E-state index in [2.05, 4.69) is 20.3 Å². The van der Waals surface area contributed by atoms with E-state index in [4.69, 9.17) is 33.5 Å². The summed E-state index contributed by atoms with van der Waals surface area (Å²) in [5.41, 5.74) is 3.05. The second-order valence-corrected chi connectivity index (χ2v) is 16.3. The summed E-state index contributed by atoms with van der Waals surface area (Å²) in [6.45, 7) is 8.35. The summed E-state index contributed by atoms with van der Waals surface area (Å²) in [7, 11) is -0.667. The number of carboxylic acid groups (broad SMARTS) is 1. The topological polar surface area (TPSA) is 193 Å². The number of pyridine rings is 1. The number of nitrogens with zero attached hydrogens (tertiary/aromatic N) is 1. The highest BCUT2D eigenvalue weighted by Crippen LogP contribution is 2.40. The minimum absolute atomic E-state index is 0. The molecule has 1 heterocycles. The predicted octanol–water partition coefficient (Wildman–Crippen LogP) is 8.47. The molecule has 0 radical (unpaired) electrons. The summed E-state index contributed by atoms with van der Waals surface area (Å²) in [5.74, 6) is 1.46. The molecule has 60 heavy (non-hydrogen) atoms. The number of sulfonamides is 1. The van der Waals surface area contributed by atoms with Crippen molar-refractivity contribution in [2.75, 3.05) is 62.3 Å². The second kappa shape index (κ2) is 20.7. The fraction of sp³-hybridized carbons (Fsp3) is 0.341. The van der Waals surface area contributed by atoms with E-state index >= 15 is 0 Å². The lowest BCUT2D eigenvalue weighted by molar-refractivity contribution is -0.150. The van der Waals surface area contributed by atoms with Crippen molar-refractivity contribution in [1.29, 1.82) is 0 Å². The van der Waals surface area contributed by atoms with E-state index in [1.54, 1.807) is 49.7 Å². The fourth-order valence-electron chi connectivity index (χ4n) is 5.96. The Hall–Kier alpha value is -6.10. The lowest BCUT2D eigenvalue weighted by Crippen LogP contribution is -2.22. The molecule has 0 aliphatic heterocycles. The Morgan fingerprint density at radius 2 is 1.48 bits per heavy atom. The molecule has 0 saturated heterocycles. The summed E-state index contributed by atoms with van der Waals surface area (Å²) in [4.78, 5) is 28.9. The number of urea groups is 1. The first-order chi connectivity index (χ1) is 28.0. The van der Waals surface area contributed by atoms with Crippen LogP contribution in [0.5, 0.6) is 28.7 Å². The second-order valence-electron chi connectivity index (χ2n) is 14.6. The van der Waals surface area contributed by atoms with Crippen LogP contribution in [0.15, 0.2) is 85.1 Å². The van der Waals surface area contributed by atoms with Crippen molar-refractivity contribution in [2.45, 2.75) is 53.1 Å². The Morgan fingerprint density at radius 3 is 2.17 bits per heavy atom. The SMILES string of the molecule is C.COc1cc(Cc2cc(Oc3ccc(NC(=O)Nc4cc(C(C)(C)C)cc(NS(C)(=O)=O)c4OC)c4ccccc34)ccn2)cc(OCCOCCOC(C)C(=O)O)c1. The molecule has 1 aromatic heterocycles. The summed E-state index contributed by atoms with van der Waals surface area (Å²) >= 11 is 0. The van der Waals surface area contributed by atoms with Crippen molar-refractivity contribution in [3.8, 4) is 28.7 Å². The normalized spacial score (nSPS) is 11.8. The fourth-order valence-corrected chi connectivity index (χ4v) is 6.51. The van der Waals surface area contributed by atoms with Crippen molar-refractivity contribution in [1.82, 2.24) is 4.98 Å². The van der Waals surface area contributed by atoms with Crippen molar-refractivity contribution < 1.29 is 51.5 Å². The molecular weight excluding hydrogens is 793 g/mol. The highest BCUT2D eigenvalue weighted by Gasteiger charge is 2.23. The van der Waals surface area contributed by atoms with Gasteiger partial charge in [-0.25, -0.2) is 18.0 Å². The van der Waals surface area contributed by atoms with Gasteiger partial charge in [0.1, 0.15) is 29.6 Å². The molecule has 1 unspecified atom stereocenters. The number of aromatic nitrogens is 1. The molecule has 0 aliphatic carbocycles. The highest BCUT2D eigenvalue weighted by molar-refractivity contribution is 7.92. The van der Waals surface area contributed by atoms with Crippen LogP contribution in [0.1, 0.15) is 51.9 Å². The van der Waals surface area contributed by atoms with Gasteiger partial charge in [-0.1, -0.05) is 52.5 Å². The van der Waals surface area contributed by atoms with E-state index in [-0.39, 0.29) is 56.4 Å². The predicted molar refractivity (Wildman–Crippen MR) is 233 cm³/mol. The van der Waals surface area contributed by atoms with Gasteiger partial charge in [0.25, 0.3) is 0 Å². The number of rotatable bonds is 19. The monoisotopic (exact) mass is 846 g/mol. The Kier molecular flexibility index (Phi) is 16.1. The lowest BCUT2D eigenvalue weighted by Gasteiger charge is -2.24. The molecule has 2 amide bonds. The Morgan fingerprint density at radius 1 is 0.800 bits per heavy atom. The number of ether oxygens (including phenoxy) is 6. The number of methoxy groups -OCH3 is 2. The van der Waals surface area contributed by atoms with Crippen molar-refractivity contribution in [3.05, 3.63) is 102 Å². The van der Waals surface area contributed by atoms with Gasteiger partial charge < -0.3 is 44.2 Å². The third-order valence-corrected chi connectivity index (χ3v) is 9.44. The standard InChI is InChI=1S/C43H50N4O11S.CH4/c1-27(41(48)49)56-18-16-55-17-19-57-33-22-28(21-32(26-33)53-5)20-30-25-31(14-15-44-30)58-39-13-12-36(34-10-8-9-11-35(34)39)45-42(50)46-37-23-29(43(2,3)4)24-38(40(37)54-6)47-59(7,51)52;/h8-15,21-27,47H,16-20H2,1-7H3,(H,48,49)(H2,45,46,50);1H4. The van der Waals surface area contributed by atoms with E-state index in [0.29, 0.717) is 35.1 Å². The molecule has 1 atom stereocenters. The average molecular weight is 847 g/mol. The Bertz CT molecular complexity index is 2380. The molecule has 0 aliphatic rings. The third-order valence-electron chi connectivity index (χ3n) is 8.85. The molecule has 0 saturated carbocycles. The van der Waals surface area contributed by atoms with Gasteiger partial charge in [-0.05, 0) is 65.9 Å².